The third kappa shape index (κ3) is 4.31. The van der Waals surface area contributed by atoms with Crippen LogP contribution < -0.4 is 10.2 Å². The number of phenols is 1. The Morgan fingerprint density at radius 2 is 1.63 bits per heavy atom. The smallest absolute Gasteiger partial charge is 0.275 e. The average Bonchev–Trinajstić information content (AvgIpc) is 2.78. The number of fused-ring (bicyclic) bond motifs is 1. The zero-order valence-corrected chi connectivity index (χ0v) is 16.2. The van der Waals surface area contributed by atoms with Gasteiger partial charge in [0.05, 0.1) is 11.8 Å². The molecule has 0 spiro atoms. The number of hydrazone groups is 1. The van der Waals surface area contributed by atoms with Crippen molar-refractivity contribution in [3.63, 3.8) is 0 Å². The molecule has 0 radical (unpaired) electrons. The molecule has 0 heterocycles. The van der Waals surface area contributed by atoms with Crippen LogP contribution in [-0.4, -0.2) is 17.2 Å². The van der Waals surface area contributed by atoms with E-state index in [0.717, 1.165) is 16.5 Å². The first kappa shape index (κ1) is 19.2. The van der Waals surface area contributed by atoms with Gasteiger partial charge in [0.25, 0.3) is 5.91 Å². The number of aromatic hydroxyl groups is 1. The molecule has 0 aliphatic heterocycles. The van der Waals surface area contributed by atoms with E-state index in [2.05, 4.69) is 28.7 Å². The number of rotatable bonds is 6. The number of amides is 1. The van der Waals surface area contributed by atoms with Gasteiger partial charge < -0.3 is 9.84 Å². The van der Waals surface area contributed by atoms with Crippen LogP contribution in [0.15, 0.2) is 96.1 Å². The van der Waals surface area contributed by atoms with Crippen LogP contribution in [0.1, 0.15) is 21.5 Å². The fraction of sp³-hybridized carbons (Fsp3) is 0.0400. The Kier molecular flexibility index (Phi) is 5.71. The number of nitrogens with zero attached hydrogens (tertiary/aromatic N) is 1. The molecule has 0 bridgehead atoms. The van der Waals surface area contributed by atoms with Gasteiger partial charge in [0.2, 0.25) is 0 Å². The molecule has 0 fully saturated rings. The van der Waals surface area contributed by atoms with Crippen LogP contribution in [0.5, 0.6) is 11.5 Å². The Balaban J connectivity index is 1.47. The minimum Gasteiger partial charge on any atom is -0.507 e. The summed E-state index contributed by atoms with van der Waals surface area (Å²) in [6.45, 7) is 0.413. The van der Waals surface area contributed by atoms with Crippen LogP contribution in [0.3, 0.4) is 0 Å². The number of nitrogens with one attached hydrogen (secondary N) is 1. The SMILES string of the molecule is O=C(N/N=C\c1ccccc1OCc1cccc2ccccc12)c1ccccc1O. The summed E-state index contributed by atoms with van der Waals surface area (Å²) in [5.41, 5.74) is 4.41. The predicted molar refractivity (Wildman–Crippen MR) is 118 cm³/mol. The van der Waals surface area contributed by atoms with Crippen LogP contribution in [0, 0.1) is 0 Å². The minimum atomic E-state index is -0.487. The van der Waals surface area contributed by atoms with Crippen molar-refractivity contribution >= 4 is 22.9 Å². The molecule has 0 saturated carbocycles. The summed E-state index contributed by atoms with van der Waals surface area (Å²) in [4.78, 5) is 12.2. The molecule has 1 amide bonds. The Morgan fingerprint density at radius 1 is 0.900 bits per heavy atom. The van der Waals surface area contributed by atoms with Crippen LogP contribution in [0.25, 0.3) is 10.8 Å². The molecule has 0 aliphatic rings. The second kappa shape index (κ2) is 8.92. The van der Waals surface area contributed by atoms with E-state index in [-0.39, 0.29) is 11.3 Å². The second-order valence-corrected chi connectivity index (χ2v) is 6.68. The minimum absolute atomic E-state index is 0.0935. The Labute approximate surface area is 174 Å². The van der Waals surface area contributed by atoms with Gasteiger partial charge >= 0.3 is 0 Å². The standard InChI is InChI=1S/C25H20N2O3/c28-23-14-5-4-13-22(23)25(29)27-26-16-19-9-2-6-15-24(19)30-17-20-11-7-10-18-8-1-3-12-21(18)20/h1-16,28H,17H2,(H,27,29)/b26-16-. The first-order valence-corrected chi connectivity index (χ1v) is 9.52. The highest BCUT2D eigenvalue weighted by atomic mass is 16.5. The molecule has 2 N–H and O–H groups in total. The molecular weight excluding hydrogens is 376 g/mol. The van der Waals surface area contributed by atoms with E-state index in [1.54, 1.807) is 12.1 Å². The lowest BCUT2D eigenvalue weighted by Crippen LogP contribution is -2.17. The van der Waals surface area contributed by atoms with E-state index >= 15 is 0 Å². The number of carbonyl (C=O) groups excluding carboxylic acids is 1. The molecule has 4 aromatic carbocycles. The molecule has 0 unspecified atom stereocenters. The van der Waals surface area contributed by atoms with Crippen molar-refractivity contribution in [2.45, 2.75) is 6.61 Å². The third-order valence-electron chi connectivity index (χ3n) is 4.70. The first-order chi connectivity index (χ1) is 14.7. The summed E-state index contributed by atoms with van der Waals surface area (Å²) in [5.74, 6) is 0.0773. The fourth-order valence-corrected chi connectivity index (χ4v) is 3.18. The lowest BCUT2D eigenvalue weighted by Gasteiger charge is -2.11. The van der Waals surface area contributed by atoms with E-state index in [4.69, 9.17) is 4.74 Å². The number of hydrogen-bond donors (Lipinski definition) is 2. The maximum atomic E-state index is 12.2. The van der Waals surface area contributed by atoms with Crippen molar-refractivity contribution in [1.82, 2.24) is 5.43 Å². The van der Waals surface area contributed by atoms with Gasteiger partial charge in [-0.3, -0.25) is 4.79 Å². The first-order valence-electron chi connectivity index (χ1n) is 9.52. The molecule has 148 valence electrons. The number of ether oxygens (including phenoxy) is 1. The van der Waals surface area contributed by atoms with Crippen molar-refractivity contribution in [3.05, 3.63) is 108 Å². The molecule has 5 heteroatoms. The summed E-state index contributed by atoms with van der Waals surface area (Å²) < 4.78 is 6.05. The van der Waals surface area contributed by atoms with Gasteiger partial charge in [-0.15, -0.1) is 0 Å². The predicted octanol–water partition coefficient (Wildman–Crippen LogP) is 4.89. The van der Waals surface area contributed by atoms with Gasteiger partial charge in [0.15, 0.2) is 0 Å². The van der Waals surface area contributed by atoms with E-state index in [1.807, 2.05) is 48.5 Å². The molecule has 0 aliphatic carbocycles. The van der Waals surface area contributed by atoms with Crippen molar-refractivity contribution in [3.8, 4) is 11.5 Å². The zero-order valence-electron chi connectivity index (χ0n) is 16.2. The third-order valence-corrected chi connectivity index (χ3v) is 4.70. The van der Waals surface area contributed by atoms with Crippen LogP contribution in [0.2, 0.25) is 0 Å². The van der Waals surface area contributed by atoms with Crippen LogP contribution >= 0.6 is 0 Å². The number of phenolic OH excluding ortho intramolecular Hbond substituents is 1. The maximum absolute atomic E-state index is 12.2. The molecule has 5 nitrogen and oxygen atoms in total. The normalized spacial score (nSPS) is 10.9. The lowest BCUT2D eigenvalue weighted by molar-refractivity contribution is 0.0952. The quantitative estimate of drug-likeness (QED) is 0.360. The molecule has 30 heavy (non-hydrogen) atoms. The van der Waals surface area contributed by atoms with E-state index in [9.17, 15) is 9.90 Å². The second-order valence-electron chi connectivity index (χ2n) is 6.68. The topological polar surface area (TPSA) is 70.9 Å². The van der Waals surface area contributed by atoms with Gasteiger partial charge in [-0.1, -0.05) is 66.7 Å². The number of benzene rings is 4. The monoisotopic (exact) mass is 396 g/mol. The van der Waals surface area contributed by atoms with Gasteiger partial charge in [-0.05, 0) is 40.6 Å². The molecule has 4 aromatic rings. The number of hydrogen-bond acceptors (Lipinski definition) is 4. The van der Waals surface area contributed by atoms with Crippen LogP contribution in [-0.2, 0) is 6.61 Å². The highest BCUT2D eigenvalue weighted by molar-refractivity contribution is 5.97. The van der Waals surface area contributed by atoms with Crippen LogP contribution in [0.4, 0.5) is 0 Å². The summed E-state index contributed by atoms with van der Waals surface area (Å²) in [6.07, 6.45) is 1.52. The number of para-hydroxylation sites is 2. The Hall–Kier alpha value is -4.12. The highest BCUT2D eigenvalue weighted by Crippen LogP contribution is 2.22. The van der Waals surface area contributed by atoms with Crippen molar-refractivity contribution in [2.24, 2.45) is 5.10 Å². The lowest BCUT2D eigenvalue weighted by atomic mass is 10.1. The van der Waals surface area contributed by atoms with E-state index in [1.165, 1.54) is 23.7 Å². The highest BCUT2D eigenvalue weighted by Gasteiger charge is 2.09. The van der Waals surface area contributed by atoms with E-state index in [0.29, 0.717) is 12.4 Å². The molecule has 0 saturated heterocycles. The Bertz CT molecular complexity index is 1210. The van der Waals surface area contributed by atoms with E-state index < -0.39 is 5.91 Å². The maximum Gasteiger partial charge on any atom is 0.275 e. The molecule has 4 rings (SSSR count). The Morgan fingerprint density at radius 3 is 2.53 bits per heavy atom. The fourth-order valence-electron chi connectivity index (χ4n) is 3.18. The van der Waals surface area contributed by atoms with Crippen molar-refractivity contribution < 1.29 is 14.6 Å². The summed E-state index contributed by atoms with van der Waals surface area (Å²) in [5, 5.41) is 16.1. The van der Waals surface area contributed by atoms with Gasteiger partial charge in [-0.2, -0.15) is 5.10 Å². The number of carbonyl (C=O) groups is 1. The van der Waals surface area contributed by atoms with Gasteiger partial charge in [-0.25, -0.2) is 5.43 Å². The van der Waals surface area contributed by atoms with Crippen molar-refractivity contribution in [1.29, 1.82) is 0 Å². The van der Waals surface area contributed by atoms with Gasteiger partial charge in [0, 0.05) is 5.56 Å². The molecular formula is C25H20N2O3. The summed E-state index contributed by atoms with van der Waals surface area (Å²) in [7, 11) is 0. The van der Waals surface area contributed by atoms with Gasteiger partial charge in [0.1, 0.15) is 18.1 Å². The average molecular weight is 396 g/mol. The van der Waals surface area contributed by atoms with Crippen molar-refractivity contribution in [2.75, 3.05) is 0 Å². The summed E-state index contributed by atoms with van der Waals surface area (Å²) in [6, 6.07) is 28.1. The summed E-state index contributed by atoms with van der Waals surface area (Å²) >= 11 is 0. The largest absolute Gasteiger partial charge is 0.507 e. The zero-order chi connectivity index (χ0) is 20.8. The molecule has 0 aromatic heterocycles. The molecule has 0 atom stereocenters.